The lowest BCUT2D eigenvalue weighted by molar-refractivity contribution is -0.121. The average Bonchev–Trinajstić information content (AvgIpc) is 2.38. The van der Waals surface area contributed by atoms with Crippen LogP contribution in [0.1, 0.15) is 32.8 Å². The minimum Gasteiger partial charge on any atom is -0.493 e. The molecule has 0 aliphatic rings. The largest absolute Gasteiger partial charge is 0.493 e. The first-order valence-electron chi connectivity index (χ1n) is 6.94. The molecule has 0 atom stereocenters. The summed E-state index contributed by atoms with van der Waals surface area (Å²) in [5.41, 5.74) is 1.00. The van der Waals surface area contributed by atoms with E-state index in [2.05, 4.69) is 24.5 Å². The first-order valence-corrected chi connectivity index (χ1v) is 7.32. The molecular weight excluding hydrogens is 276 g/mol. The van der Waals surface area contributed by atoms with Crippen LogP contribution in [0.15, 0.2) is 18.2 Å². The summed E-state index contributed by atoms with van der Waals surface area (Å²) in [4.78, 5) is 11.4. The van der Waals surface area contributed by atoms with Gasteiger partial charge in [0.05, 0.1) is 13.0 Å². The summed E-state index contributed by atoms with van der Waals surface area (Å²) in [5, 5.41) is 6.76. The molecule has 0 bridgehead atoms. The smallest absolute Gasteiger partial charge is 0.223 e. The zero-order chi connectivity index (χ0) is 15.0. The van der Waals surface area contributed by atoms with E-state index in [9.17, 15) is 4.79 Å². The van der Waals surface area contributed by atoms with Crippen LogP contribution in [0.2, 0.25) is 5.02 Å². The third-order valence-electron chi connectivity index (χ3n) is 2.68. The summed E-state index contributed by atoms with van der Waals surface area (Å²) in [5.74, 6) is 0.773. The summed E-state index contributed by atoms with van der Waals surface area (Å²) < 4.78 is 5.68. The molecule has 0 radical (unpaired) electrons. The van der Waals surface area contributed by atoms with Gasteiger partial charge in [0.1, 0.15) is 5.75 Å². The number of benzene rings is 1. The predicted octanol–water partition coefficient (Wildman–Crippen LogP) is 2.74. The van der Waals surface area contributed by atoms with Crippen molar-refractivity contribution in [3.8, 4) is 5.75 Å². The van der Waals surface area contributed by atoms with Gasteiger partial charge in [0.25, 0.3) is 0 Å². The fraction of sp³-hybridized carbons (Fsp3) is 0.533. The van der Waals surface area contributed by atoms with Gasteiger partial charge < -0.3 is 15.4 Å². The lowest BCUT2D eigenvalue weighted by atomic mass is 10.2. The highest BCUT2D eigenvalue weighted by Crippen LogP contribution is 2.23. The molecule has 0 unspecified atom stereocenters. The van der Waals surface area contributed by atoms with Crippen molar-refractivity contribution >= 4 is 17.5 Å². The molecule has 0 aliphatic heterocycles. The fourth-order valence-corrected chi connectivity index (χ4v) is 1.88. The second-order valence-corrected chi connectivity index (χ2v) is 5.28. The normalized spacial score (nSPS) is 10.7. The molecule has 1 aromatic rings. The summed E-state index contributed by atoms with van der Waals surface area (Å²) in [7, 11) is 0. The van der Waals surface area contributed by atoms with Crippen molar-refractivity contribution in [3.63, 3.8) is 0 Å². The van der Waals surface area contributed by atoms with Gasteiger partial charge in [-0.05, 0) is 25.1 Å². The van der Waals surface area contributed by atoms with Crippen molar-refractivity contribution in [2.45, 2.75) is 39.8 Å². The molecule has 0 aromatic heterocycles. The zero-order valence-corrected chi connectivity index (χ0v) is 13.1. The summed E-state index contributed by atoms with van der Waals surface area (Å²) in [6, 6.07) is 5.91. The lowest BCUT2D eigenvalue weighted by Gasteiger charge is -2.14. The van der Waals surface area contributed by atoms with E-state index in [0.29, 0.717) is 37.2 Å². The summed E-state index contributed by atoms with van der Waals surface area (Å²) >= 11 is 6.01. The van der Waals surface area contributed by atoms with Crippen molar-refractivity contribution < 1.29 is 9.53 Å². The molecular formula is C15H23ClN2O2. The Morgan fingerprint density at radius 3 is 2.80 bits per heavy atom. The molecule has 1 rings (SSSR count). The molecule has 0 aliphatic carbocycles. The number of ether oxygens (including phenoxy) is 1. The van der Waals surface area contributed by atoms with Crippen LogP contribution in [0.4, 0.5) is 0 Å². The van der Waals surface area contributed by atoms with E-state index in [4.69, 9.17) is 16.3 Å². The van der Waals surface area contributed by atoms with E-state index in [1.807, 2.05) is 19.1 Å². The highest BCUT2D eigenvalue weighted by molar-refractivity contribution is 6.30. The maximum Gasteiger partial charge on any atom is 0.223 e. The number of carbonyl (C=O) groups excluding carboxylic acids is 1. The number of nitrogens with one attached hydrogen (secondary N) is 2. The van der Waals surface area contributed by atoms with Crippen molar-refractivity contribution in [2.75, 3.05) is 13.2 Å². The minimum absolute atomic E-state index is 0.00307. The molecule has 0 saturated carbocycles. The van der Waals surface area contributed by atoms with Gasteiger partial charge in [0.15, 0.2) is 0 Å². The van der Waals surface area contributed by atoms with E-state index in [1.54, 1.807) is 6.07 Å². The van der Waals surface area contributed by atoms with Gasteiger partial charge in [0.2, 0.25) is 5.91 Å². The maximum absolute atomic E-state index is 11.4. The third kappa shape index (κ3) is 6.26. The van der Waals surface area contributed by atoms with Gasteiger partial charge >= 0.3 is 0 Å². The predicted molar refractivity (Wildman–Crippen MR) is 82.2 cm³/mol. The molecule has 0 saturated heterocycles. The van der Waals surface area contributed by atoms with Crippen molar-refractivity contribution in [1.29, 1.82) is 0 Å². The van der Waals surface area contributed by atoms with Gasteiger partial charge in [-0.3, -0.25) is 4.79 Å². The Morgan fingerprint density at radius 2 is 2.15 bits per heavy atom. The highest BCUT2D eigenvalue weighted by Gasteiger charge is 2.07. The van der Waals surface area contributed by atoms with Crippen LogP contribution in [-0.4, -0.2) is 25.1 Å². The van der Waals surface area contributed by atoms with Gasteiger partial charge in [-0.25, -0.2) is 0 Å². The van der Waals surface area contributed by atoms with E-state index < -0.39 is 0 Å². The first kappa shape index (κ1) is 16.8. The lowest BCUT2D eigenvalue weighted by Crippen LogP contribution is -2.24. The molecule has 0 fully saturated rings. The zero-order valence-electron chi connectivity index (χ0n) is 12.3. The molecule has 2 N–H and O–H groups in total. The number of rotatable bonds is 8. The molecule has 1 aromatic carbocycles. The Labute approximate surface area is 125 Å². The number of hydrogen-bond donors (Lipinski definition) is 2. The Hall–Kier alpha value is -1.26. The first-order chi connectivity index (χ1) is 9.52. The van der Waals surface area contributed by atoms with Crippen LogP contribution in [0.25, 0.3) is 0 Å². The standard InChI is InChI=1S/C15H23ClN2O2/c1-4-17-15(19)7-8-20-14-6-5-13(16)9-12(14)10-18-11(2)3/h5-6,9,11,18H,4,7-8,10H2,1-3H3,(H,17,19). The number of amides is 1. The minimum atomic E-state index is 0.00307. The Kier molecular flexibility index (Phi) is 7.41. The van der Waals surface area contributed by atoms with E-state index >= 15 is 0 Å². The third-order valence-corrected chi connectivity index (χ3v) is 2.92. The van der Waals surface area contributed by atoms with Crippen molar-refractivity contribution in [3.05, 3.63) is 28.8 Å². The van der Waals surface area contributed by atoms with Gasteiger partial charge in [0, 0.05) is 29.7 Å². The monoisotopic (exact) mass is 298 g/mol. The van der Waals surface area contributed by atoms with Crippen LogP contribution >= 0.6 is 11.6 Å². The number of carbonyl (C=O) groups is 1. The average molecular weight is 299 g/mol. The Morgan fingerprint density at radius 1 is 1.40 bits per heavy atom. The number of hydrogen-bond acceptors (Lipinski definition) is 3. The maximum atomic E-state index is 11.4. The molecule has 112 valence electrons. The molecule has 5 heteroatoms. The quantitative estimate of drug-likeness (QED) is 0.776. The van der Waals surface area contributed by atoms with Crippen LogP contribution in [0.5, 0.6) is 5.75 Å². The molecule has 1 amide bonds. The molecule has 0 heterocycles. The second kappa shape index (κ2) is 8.82. The van der Waals surface area contributed by atoms with Crippen molar-refractivity contribution in [2.24, 2.45) is 0 Å². The molecule has 20 heavy (non-hydrogen) atoms. The van der Waals surface area contributed by atoms with E-state index in [0.717, 1.165) is 11.3 Å². The second-order valence-electron chi connectivity index (χ2n) is 4.84. The summed E-state index contributed by atoms with van der Waals surface area (Å²) in [6.45, 7) is 7.76. The van der Waals surface area contributed by atoms with Crippen LogP contribution < -0.4 is 15.4 Å². The van der Waals surface area contributed by atoms with Gasteiger partial charge in [-0.1, -0.05) is 25.4 Å². The Bertz CT molecular complexity index is 436. The topological polar surface area (TPSA) is 50.4 Å². The Balaban J connectivity index is 2.57. The van der Waals surface area contributed by atoms with Gasteiger partial charge in [-0.2, -0.15) is 0 Å². The number of halogens is 1. The van der Waals surface area contributed by atoms with Crippen LogP contribution in [0.3, 0.4) is 0 Å². The van der Waals surface area contributed by atoms with Crippen molar-refractivity contribution in [1.82, 2.24) is 10.6 Å². The van der Waals surface area contributed by atoms with Gasteiger partial charge in [-0.15, -0.1) is 0 Å². The van der Waals surface area contributed by atoms with E-state index in [1.165, 1.54) is 0 Å². The van der Waals surface area contributed by atoms with Crippen LogP contribution in [0, 0.1) is 0 Å². The molecule has 0 spiro atoms. The van der Waals surface area contributed by atoms with Crippen LogP contribution in [-0.2, 0) is 11.3 Å². The fourth-order valence-electron chi connectivity index (χ4n) is 1.68. The molecule has 4 nitrogen and oxygen atoms in total. The summed E-state index contributed by atoms with van der Waals surface area (Å²) in [6.07, 6.45) is 0.355. The SMILES string of the molecule is CCNC(=O)CCOc1ccc(Cl)cc1CNC(C)C. The van der Waals surface area contributed by atoms with E-state index in [-0.39, 0.29) is 5.91 Å². The highest BCUT2D eigenvalue weighted by atomic mass is 35.5.